The lowest BCUT2D eigenvalue weighted by molar-refractivity contribution is -0.383. The van der Waals surface area contributed by atoms with Crippen LogP contribution in [0.25, 0.3) is 0 Å². The SMILES string of the molecule is CC(C)(C)OC(=O)N1CCCN(CC(=O)Nc2ccccc2[N+](=O)[O-])CC1. The Morgan fingerprint density at radius 3 is 2.56 bits per heavy atom. The summed E-state index contributed by atoms with van der Waals surface area (Å²) in [4.78, 5) is 38.5. The Balaban J connectivity index is 1.89. The third kappa shape index (κ3) is 6.52. The first-order chi connectivity index (χ1) is 12.7. The maximum absolute atomic E-state index is 12.3. The Morgan fingerprint density at radius 2 is 1.89 bits per heavy atom. The Hall–Kier alpha value is -2.68. The van der Waals surface area contributed by atoms with Crippen LogP contribution < -0.4 is 5.32 Å². The number of hydrogen-bond donors (Lipinski definition) is 1. The number of nitrogens with zero attached hydrogens (tertiary/aromatic N) is 3. The summed E-state index contributed by atoms with van der Waals surface area (Å²) >= 11 is 0. The molecular weight excluding hydrogens is 352 g/mol. The van der Waals surface area contributed by atoms with Gasteiger partial charge in [-0.1, -0.05) is 12.1 Å². The number of ether oxygens (including phenoxy) is 1. The maximum atomic E-state index is 12.3. The molecule has 1 aliphatic rings. The van der Waals surface area contributed by atoms with Gasteiger partial charge in [-0.25, -0.2) is 4.79 Å². The maximum Gasteiger partial charge on any atom is 0.410 e. The number of rotatable bonds is 4. The molecule has 27 heavy (non-hydrogen) atoms. The molecule has 1 heterocycles. The zero-order chi connectivity index (χ0) is 20.0. The minimum Gasteiger partial charge on any atom is -0.444 e. The predicted molar refractivity (Wildman–Crippen MR) is 101 cm³/mol. The minimum atomic E-state index is -0.548. The van der Waals surface area contributed by atoms with Crippen LogP contribution in [0.5, 0.6) is 0 Å². The number of carbonyl (C=O) groups excluding carboxylic acids is 2. The van der Waals surface area contributed by atoms with E-state index in [1.165, 1.54) is 12.1 Å². The number of benzene rings is 1. The van der Waals surface area contributed by atoms with Crippen LogP contribution in [0.4, 0.5) is 16.2 Å². The predicted octanol–water partition coefficient (Wildman–Crippen LogP) is 2.48. The van der Waals surface area contributed by atoms with Gasteiger partial charge in [-0.3, -0.25) is 19.8 Å². The van der Waals surface area contributed by atoms with Gasteiger partial charge < -0.3 is 15.0 Å². The topological polar surface area (TPSA) is 105 Å². The largest absolute Gasteiger partial charge is 0.444 e. The van der Waals surface area contributed by atoms with Gasteiger partial charge >= 0.3 is 6.09 Å². The van der Waals surface area contributed by atoms with E-state index in [-0.39, 0.29) is 29.9 Å². The quantitative estimate of drug-likeness (QED) is 0.637. The molecule has 1 aromatic carbocycles. The summed E-state index contributed by atoms with van der Waals surface area (Å²) in [7, 11) is 0. The van der Waals surface area contributed by atoms with E-state index in [4.69, 9.17) is 4.74 Å². The van der Waals surface area contributed by atoms with Crippen molar-refractivity contribution < 1.29 is 19.2 Å². The lowest BCUT2D eigenvalue weighted by Crippen LogP contribution is -2.40. The number of amides is 2. The number of nitro groups is 1. The van der Waals surface area contributed by atoms with Crippen molar-refractivity contribution in [2.45, 2.75) is 32.8 Å². The molecule has 0 radical (unpaired) electrons. The van der Waals surface area contributed by atoms with E-state index in [2.05, 4.69) is 5.32 Å². The number of nitro benzene ring substituents is 1. The summed E-state index contributed by atoms with van der Waals surface area (Å²) in [6.45, 7) is 7.79. The fourth-order valence-electron chi connectivity index (χ4n) is 2.77. The Bertz CT molecular complexity index is 701. The second-order valence-corrected chi connectivity index (χ2v) is 7.42. The second-order valence-electron chi connectivity index (χ2n) is 7.42. The van der Waals surface area contributed by atoms with Crippen LogP contribution in [0.1, 0.15) is 27.2 Å². The molecule has 0 aromatic heterocycles. The van der Waals surface area contributed by atoms with Crippen molar-refractivity contribution >= 4 is 23.4 Å². The first kappa shape index (κ1) is 20.6. The Morgan fingerprint density at radius 1 is 1.19 bits per heavy atom. The van der Waals surface area contributed by atoms with Gasteiger partial charge in [-0.2, -0.15) is 0 Å². The molecule has 0 bridgehead atoms. The Kier molecular flexibility index (Phi) is 6.73. The highest BCUT2D eigenvalue weighted by molar-refractivity contribution is 5.94. The molecule has 9 heteroatoms. The molecule has 2 rings (SSSR count). The summed E-state index contributed by atoms with van der Waals surface area (Å²) in [6.07, 6.45) is 0.367. The molecule has 1 fully saturated rings. The molecule has 0 saturated carbocycles. The van der Waals surface area contributed by atoms with Gasteiger partial charge in [0.15, 0.2) is 0 Å². The van der Waals surface area contributed by atoms with Crippen molar-refractivity contribution in [3.05, 3.63) is 34.4 Å². The van der Waals surface area contributed by atoms with E-state index in [9.17, 15) is 19.7 Å². The van der Waals surface area contributed by atoms with Gasteiger partial charge in [0.25, 0.3) is 5.69 Å². The average Bonchev–Trinajstić information content (AvgIpc) is 2.79. The number of para-hydroxylation sites is 2. The molecule has 2 amide bonds. The highest BCUT2D eigenvalue weighted by Crippen LogP contribution is 2.23. The fourth-order valence-corrected chi connectivity index (χ4v) is 2.77. The number of hydrogen-bond acceptors (Lipinski definition) is 6. The first-order valence-electron chi connectivity index (χ1n) is 8.89. The Labute approximate surface area is 158 Å². The van der Waals surface area contributed by atoms with E-state index in [1.54, 1.807) is 17.0 Å². The molecule has 0 spiro atoms. The molecule has 1 aliphatic heterocycles. The van der Waals surface area contributed by atoms with Crippen molar-refractivity contribution in [2.24, 2.45) is 0 Å². The van der Waals surface area contributed by atoms with Gasteiger partial charge in [-0.05, 0) is 33.3 Å². The first-order valence-corrected chi connectivity index (χ1v) is 8.89. The van der Waals surface area contributed by atoms with Crippen LogP contribution in [0.15, 0.2) is 24.3 Å². The average molecular weight is 378 g/mol. The second kappa shape index (κ2) is 8.81. The summed E-state index contributed by atoms with van der Waals surface area (Å²) in [5.41, 5.74) is -0.511. The van der Waals surface area contributed by atoms with Gasteiger partial charge in [0.05, 0.1) is 11.5 Å². The molecule has 1 N–H and O–H groups in total. The van der Waals surface area contributed by atoms with E-state index in [0.29, 0.717) is 26.2 Å². The highest BCUT2D eigenvalue weighted by atomic mass is 16.6. The molecule has 1 aromatic rings. The van der Waals surface area contributed by atoms with Crippen LogP contribution in [-0.2, 0) is 9.53 Å². The summed E-state index contributed by atoms with van der Waals surface area (Å²) < 4.78 is 5.39. The van der Waals surface area contributed by atoms with Crippen LogP contribution in [0.2, 0.25) is 0 Å². The third-order valence-electron chi connectivity index (χ3n) is 3.98. The number of carbonyl (C=O) groups is 2. The summed E-state index contributed by atoms with van der Waals surface area (Å²) in [5, 5.41) is 13.6. The van der Waals surface area contributed by atoms with Gasteiger partial charge in [0, 0.05) is 32.2 Å². The molecule has 148 valence electrons. The monoisotopic (exact) mass is 378 g/mol. The van der Waals surface area contributed by atoms with Crippen molar-refractivity contribution in [1.82, 2.24) is 9.80 Å². The van der Waals surface area contributed by atoms with Crippen molar-refractivity contribution in [2.75, 3.05) is 38.0 Å². The molecule has 0 aliphatic carbocycles. The van der Waals surface area contributed by atoms with Gasteiger partial charge in [0.1, 0.15) is 11.3 Å². The third-order valence-corrected chi connectivity index (χ3v) is 3.98. The lowest BCUT2D eigenvalue weighted by Gasteiger charge is -2.26. The van der Waals surface area contributed by atoms with Crippen molar-refractivity contribution in [3.8, 4) is 0 Å². The standard InChI is InChI=1S/C18H26N4O5/c1-18(2,3)27-17(24)21-10-6-9-20(11-12-21)13-16(23)19-14-7-4-5-8-15(14)22(25)26/h4-5,7-8H,6,9-13H2,1-3H3,(H,19,23). The normalized spacial score (nSPS) is 15.7. The van der Waals surface area contributed by atoms with E-state index in [1.807, 2.05) is 25.7 Å². The van der Waals surface area contributed by atoms with Gasteiger partial charge in [0.2, 0.25) is 5.91 Å². The molecule has 1 saturated heterocycles. The van der Waals surface area contributed by atoms with Crippen molar-refractivity contribution in [3.63, 3.8) is 0 Å². The zero-order valence-electron chi connectivity index (χ0n) is 15.9. The van der Waals surface area contributed by atoms with E-state index < -0.39 is 10.5 Å². The van der Waals surface area contributed by atoms with E-state index in [0.717, 1.165) is 6.42 Å². The smallest absolute Gasteiger partial charge is 0.410 e. The minimum absolute atomic E-state index is 0.105. The van der Waals surface area contributed by atoms with Gasteiger partial charge in [-0.15, -0.1) is 0 Å². The van der Waals surface area contributed by atoms with Crippen LogP contribution in [0.3, 0.4) is 0 Å². The number of nitrogens with one attached hydrogen (secondary N) is 1. The summed E-state index contributed by atoms with van der Waals surface area (Å²) in [6, 6.07) is 6.03. The molecule has 0 atom stereocenters. The molecule has 9 nitrogen and oxygen atoms in total. The van der Waals surface area contributed by atoms with Crippen LogP contribution in [0, 0.1) is 10.1 Å². The van der Waals surface area contributed by atoms with Crippen molar-refractivity contribution in [1.29, 1.82) is 0 Å². The van der Waals surface area contributed by atoms with Crippen LogP contribution >= 0.6 is 0 Å². The van der Waals surface area contributed by atoms with Crippen LogP contribution in [-0.4, -0.2) is 65.0 Å². The number of anilines is 1. The highest BCUT2D eigenvalue weighted by Gasteiger charge is 2.25. The molecular formula is C18H26N4O5. The zero-order valence-corrected chi connectivity index (χ0v) is 15.9. The molecule has 0 unspecified atom stereocenters. The lowest BCUT2D eigenvalue weighted by atomic mass is 10.2. The fraction of sp³-hybridized carbons (Fsp3) is 0.556. The van der Waals surface area contributed by atoms with E-state index >= 15 is 0 Å². The summed E-state index contributed by atoms with van der Waals surface area (Å²) in [5.74, 6) is -0.324.